The smallest absolute Gasteiger partial charge is 0.0624 e. The van der Waals surface area contributed by atoms with Gasteiger partial charge in [0.15, 0.2) is 0 Å². The summed E-state index contributed by atoms with van der Waals surface area (Å²) in [6.07, 6.45) is 5.00. The van der Waals surface area contributed by atoms with Crippen LogP contribution in [0.5, 0.6) is 0 Å². The fourth-order valence-electron chi connectivity index (χ4n) is 3.18. The Kier molecular flexibility index (Phi) is 4.94. The van der Waals surface area contributed by atoms with Gasteiger partial charge in [-0.2, -0.15) is 0 Å². The maximum absolute atomic E-state index is 6.28. The monoisotopic (exact) mass is 285 g/mol. The van der Waals surface area contributed by atoms with Gasteiger partial charge in [0, 0.05) is 6.04 Å². The van der Waals surface area contributed by atoms with Crippen LogP contribution < -0.4 is 5.32 Å². The van der Waals surface area contributed by atoms with Crippen LogP contribution in [0, 0.1) is 11.8 Å². The van der Waals surface area contributed by atoms with E-state index in [1.165, 1.54) is 19.3 Å². The van der Waals surface area contributed by atoms with Crippen LogP contribution in [0.3, 0.4) is 0 Å². The van der Waals surface area contributed by atoms with Crippen LogP contribution in [-0.4, -0.2) is 13.1 Å². The van der Waals surface area contributed by atoms with Gasteiger partial charge in [0.1, 0.15) is 0 Å². The maximum atomic E-state index is 6.28. The molecule has 0 aromatic heterocycles. The van der Waals surface area contributed by atoms with Crippen molar-refractivity contribution >= 4 is 23.2 Å². The average molecular weight is 286 g/mol. The summed E-state index contributed by atoms with van der Waals surface area (Å²) in [4.78, 5) is 0. The molecule has 1 aliphatic carbocycles. The van der Waals surface area contributed by atoms with Crippen LogP contribution in [0.2, 0.25) is 10.0 Å². The molecule has 1 N–H and O–H groups in total. The van der Waals surface area contributed by atoms with Crippen molar-refractivity contribution in [3.8, 4) is 0 Å². The minimum absolute atomic E-state index is 0.499. The quantitative estimate of drug-likeness (QED) is 0.855. The SMILES string of the molecule is CNC(Cc1cccc(Cl)c1Cl)C1CCCC1C. The molecule has 3 atom stereocenters. The Morgan fingerprint density at radius 1 is 1.33 bits per heavy atom. The van der Waals surface area contributed by atoms with E-state index in [2.05, 4.69) is 18.3 Å². The first-order valence-corrected chi connectivity index (χ1v) is 7.49. The Morgan fingerprint density at radius 3 is 2.72 bits per heavy atom. The highest BCUT2D eigenvalue weighted by atomic mass is 35.5. The van der Waals surface area contributed by atoms with Gasteiger partial charge in [-0.25, -0.2) is 0 Å². The maximum Gasteiger partial charge on any atom is 0.0624 e. The first-order valence-electron chi connectivity index (χ1n) is 6.73. The minimum atomic E-state index is 0.499. The molecule has 3 heteroatoms. The summed E-state index contributed by atoms with van der Waals surface area (Å²) >= 11 is 12.4. The van der Waals surface area contributed by atoms with Gasteiger partial charge in [0.2, 0.25) is 0 Å². The fourth-order valence-corrected chi connectivity index (χ4v) is 3.58. The molecule has 0 heterocycles. The van der Waals surface area contributed by atoms with Gasteiger partial charge in [-0.3, -0.25) is 0 Å². The van der Waals surface area contributed by atoms with Crippen molar-refractivity contribution in [1.29, 1.82) is 0 Å². The van der Waals surface area contributed by atoms with Crippen molar-refractivity contribution in [2.75, 3.05) is 7.05 Å². The molecule has 0 aliphatic heterocycles. The molecule has 1 aromatic carbocycles. The number of benzene rings is 1. The van der Waals surface area contributed by atoms with E-state index in [1.807, 2.05) is 19.2 Å². The Labute approximate surface area is 120 Å². The summed E-state index contributed by atoms with van der Waals surface area (Å²) in [5, 5.41) is 4.84. The zero-order valence-electron chi connectivity index (χ0n) is 11.0. The van der Waals surface area contributed by atoms with Gasteiger partial charge in [0.05, 0.1) is 10.0 Å². The van der Waals surface area contributed by atoms with E-state index in [-0.39, 0.29) is 0 Å². The summed E-state index contributed by atoms with van der Waals surface area (Å²) in [5.74, 6) is 1.56. The molecule has 1 aliphatic rings. The number of hydrogen-bond acceptors (Lipinski definition) is 1. The molecule has 18 heavy (non-hydrogen) atoms. The predicted molar refractivity (Wildman–Crippen MR) is 79.5 cm³/mol. The van der Waals surface area contributed by atoms with E-state index in [0.29, 0.717) is 16.1 Å². The van der Waals surface area contributed by atoms with Crippen LogP contribution in [0.4, 0.5) is 0 Å². The third kappa shape index (κ3) is 3.01. The number of nitrogens with one attached hydrogen (secondary N) is 1. The van der Waals surface area contributed by atoms with Crippen LogP contribution in [0.15, 0.2) is 18.2 Å². The van der Waals surface area contributed by atoms with Crippen molar-refractivity contribution < 1.29 is 0 Å². The summed E-state index contributed by atoms with van der Waals surface area (Å²) in [7, 11) is 2.05. The van der Waals surface area contributed by atoms with E-state index >= 15 is 0 Å². The molecule has 0 amide bonds. The van der Waals surface area contributed by atoms with Gasteiger partial charge in [-0.05, 0) is 43.4 Å². The molecular formula is C15H21Cl2N. The van der Waals surface area contributed by atoms with Crippen LogP contribution in [0.1, 0.15) is 31.7 Å². The Hall–Kier alpha value is -0.240. The molecule has 1 aromatic rings. The zero-order valence-corrected chi connectivity index (χ0v) is 12.6. The molecule has 1 fully saturated rings. The first-order chi connectivity index (χ1) is 8.63. The molecule has 100 valence electrons. The Morgan fingerprint density at radius 2 is 2.11 bits per heavy atom. The second-order valence-corrected chi connectivity index (χ2v) is 6.17. The normalized spacial score (nSPS) is 25.3. The first kappa shape index (κ1) is 14.2. The highest BCUT2D eigenvalue weighted by Crippen LogP contribution is 2.36. The van der Waals surface area contributed by atoms with Gasteiger partial charge >= 0.3 is 0 Å². The van der Waals surface area contributed by atoms with Crippen molar-refractivity contribution in [2.24, 2.45) is 11.8 Å². The molecule has 1 saturated carbocycles. The van der Waals surface area contributed by atoms with E-state index < -0.39 is 0 Å². The molecule has 3 unspecified atom stereocenters. The molecule has 2 rings (SSSR count). The highest BCUT2D eigenvalue weighted by Gasteiger charge is 2.30. The summed E-state index contributed by atoms with van der Waals surface area (Å²) in [6.45, 7) is 2.36. The summed E-state index contributed by atoms with van der Waals surface area (Å²) in [6, 6.07) is 6.41. The average Bonchev–Trinajstić information content (AvgIpc) is 2.77. The number of rotatable bonds is 4. The van der Waals surface area contributed by atoms with Gasteiger partial charge in [0.25, 0.3) is 0 Å². The van der Waals surface area contributed by atoms with E-state index in [1.54, 1.807) is 0 Å². The molecule has 0 saturated heterocycles. The summed E-state index contributed by atoms with van der Waals surface area (Å²) in [5.41, 5.74) is 1.16. The van der Waals surface area contributed by atoms with E-state index in [4.69, 9.17) is 23.2 Å². The van der Waals surface area contributed by atoms with Gasteiger partial charge < -0.3 is 5.32 Å². The van der Waals surface area contributed by atoms with Crippen molar-refractivity contribution in [3.63, 3.8) is 0 Å². The number of hydrogen-bond donors (Lipinski definition) is 1. The topological polar surface area (TPSA) is 12.0 Å². The lowest BCUT2D eigenvalue weighted by molar-refractivity contribution is 0.308. The van der Waals surface area contributed by atoms with Crippen molar-refractivity contribution in [1.82, 2.24) is 5.32 Å². The van der Waals surface area contributed by atoms with Gasteiger partial charge in [-0.1, -0.05) is 55.1 Å². The second kappa shape index (κ2) is 6.27. The molecule has 0 bridgehead atoms. The lowest BCUT2D eigenvalue weighted by Gasteiger charge is -2.27. The lowest BCUT2D eigenvalue weighted by atomic mass is 9.86. The molecule has 1 nitrogen and oxygen atoms in total. The lowest BCUT2D eigenvalue weighted by Crippen LogP contribution is -2.36. The summed E-state index contributed by atoms with van der Waals surface area (Å²) < 4.78 is 0. The predicted octanol–water partition coefficient (Wildman–Crippen LogP) is 4.56. The second-order valence-electron chi connectivity index (χ2n) is 5.38. The zero-order chi connectivity index (χ0) is 13.1. The van der Waals surface area contributed by atoms with Crippen molar-refractivity contribution in [3.05, 3.63) is 33.8 Å². The Balaban J connectivity index is 2.12. The third-order valence-corrected chi connectivity index (χ3v) is 5.14. The molecule has 0 radical (unpaired) electrons. The molecular weight excluding hydrogens is 265 g/mol. The largest absolute Gasteiger partial charge is 0.316 e. The van der Waals surface area contributed by atoms with E-state index in [0.717, 1.165) is 23.8 Å². The fraction of sp³-hybridized carbons (Fsp3) is 0.600. The third-order valence-electron chi connectivity index (χ3n) is 4.29. The van der Waals surface area contributed by atoms with Gasteiger partial charge in [-0.15, -0.1) is 0 Å². The van der Waals surface area contributed by atoms with Crippen LogP contribution >= 0.6 is 23.2 Å². The van der Waals surface area contributed by atoms with Crippen molar-refractivity contribution in [2.45, 2.75) is 38.6 Å². The van der Waals surface area contributed by atoms with E-state index in [9.17, 15) is 0 Å². The highest BCUT2D eigenvalue weighted by molar-refractivity contribution is 6.42. The minimum Gasteiger partial charge on any atom is -0.316 e. The standard InChI is InChI=1S/C15H21Cl2N/c1-10-5-3-7-12(10)14(18-2)9-11-6-4-8-13(16)15(11)17/h4,6,8,10,12,14,18H,3,5,7,9H2,1-2H3. The number of likely N-dealkylation sites (N-methyl/N-ethyl adjacent to an activating group) is 1. The van der Waals surface area contributed by atoms with Crippen LogP contribution in [-0.2, 0) is 6.42 Å². The molecule has 0 spiro atoms. The Bertz CT molecular complexity index is 405. The van der Waals surface area contributed by atoms with Crippen LogP contribution in [0.25, 0.3) is 0 Å². The number of halogens is 2.